The highest BCUT2D eigenvalue weighted by molar-refractivity contribution is 6.31. The van der Waals surface area contributed by atoms with E-state index in [4.69, 9.17) is 22.1 Å². The van der Waals surface area contributed by atoms with Gasteiger partial charge in [0.05, 0.1) is 30.8 Å². The Balaban J connectivity index is 1.70. The Bertz CT molecular complexity index is 1640. The van der Waals surface area contributed by atoms with Crippen LogP contribution in [0.1, 0.15) is 35.4 Å². The molecule has 0 aliphatic heterocycles. The number of hydrogen-bond donors (Lipinski definition) is 2. The molecule has 2 amide bonds. The van der Waals surface area contributed by atoms with Crippen LogP contribution in [0.5, 0.6) is 5.75 Å². The number of primary amides is 1. The molecule has 202 valence electrons. The summed E-state index contributed by atoms with van der Waals surface area (Å²) < 4.78 is 47.9. The molecule has 0 bridgehead atoms. The van der Waals surface area contributed by atoms with Crippen molar-refractivity contribution >= 4 is 29.1 Å². The molecule has 0 saturated carbocycles. The van der Waals surface area contributed by atoms with Crippen molar-refractivity contribution in [3.8, 4) is 22.6 Å². The molecule has 39 heavy (non-hydrogen) atoms. The van der Waals surface area contributed by atoms with Gasteiger partial charge in [-0.15, -0.1) is 5.10 Å². The van der Waals surface area contributed by atoms with Gasteiger partial charge in [0.25, 0.3) is 17.9 Å². The number of anilines is 1. The number of carbonyl (C=O) groups excluding carboxylic acids is 2. The van der Waals surface area contributed by atoms with Crippen LogP contribution in [-0.4, -0.2) is 38.5 Å². The Morgan fingerprint density at radius 3 is 2.46 bits per heavy atom. The van der Waals surface area contributed by atoms with Gasteiger partial charge in [-0.2, -0.15) is 0 Å². The maximum atomic E-state index is 14.1. The van der Waals surface area contributed by atoms with Crippen molar-refractivity contribution in [2.24, 2.45) is 5.73 Å². The molecule has 2 aromatic carbocycles. The third-order valence-electron chi connectivity index (χ3n) is 5.79. The highest BCUT2D eigenvalue weighted by Crippen LogP contribution is 2.35. The standard InChI is InChI=1S/C25H20ClF3N6O4/c1-12(25(38)31-14-4-5-15(24(30)37)18(27)8-14)34-11-21(39-2)17(9-22(34)36)16-7-13(26)3-6-20(16)35-10-19(23(28)29)32-33-35/h3-12,23H,1-2H3,(H2,30,37)(H,31,38)/t12-/m0/s1. The number of methoxy groups -OCH3 is 1. The van der Waals surface area contributed by atoms with Gasteiger partial charge in [-0.05, 0) is 43.3 Å². The first-order chi connectivity index (χ1) is 18.5. The van der Waals surface area contributed by atoms with E-state index >= 15 is 0 Å². The van der Waals surface area contributed by atoms with Crippen molar-refractivity contribution in [2.45, 2.75) is 19.4 Å². The Kier molecular flexibility index (Phi) is 7.72. The molecule has 0 aliphatic carbocycles. The van der Waals surface area contributed by atoms with Gasteiger partial charge in [-0.3, -0.25) is 19.0 Å². The summed E-state index contributed by atoms with van der Waals surface area (Å²) in [6.07, 6.45) is -0.482. The molecule has 1 atom stereocenters. The van der Waals surface area contributed by atoms with Crippen LogP contribution < -0.4 is 21.3 Å². The molecule has 2 aromatic heterocycles. The van der Waals surface area contributed by atoms with Gasteiger partial charge in [0.15, 0.2) is 0 Å². The largest absolute Gasteiger partial charge is 0.495 e. The third-order valence-corrected chi connectivity index (χ3v) is 6.03. The van der Waals surface area contributed by atoms with Gasteiger partial charge in [0, 0.05) is 27.9 Å². The van der Waals surface area contributed by atoms with Gasteiger partial charge in [0.2, 0.25) is 5.91 Å². The Morgan fingerprint density at radius 1 is 1.10 bits per heavy atom. The number of nitrogens with zero attached hydrogens (tertiary/aromatic N) is 4. The van der Waals surface area contributed by atoms with Crippen LogP contribution >= 0.6 is 11.6 Å². The summed E-state index contributed by atoms with van der Waals surface area (Å²) in [5.41, 5.74) is 4.52. The van der Waals surface area contributed by atoms with E-state index in [1.165, 1.54) is 50.6 Å². The predicted molar refractivity (Wildman–Crippen MR) is 136 cm³/mol. The number of benzene rings is 2. The molecule has 14 heteroatoms. The fourth-order valence-electron chi connectivity index (χ4n) is 3.79. The van der Waals surface area contributed by atoms with Crippen molar-refractivity contribution in [1.82, 2.24) is 19.6 Å². The molecule has 0 radical (unpaired) electrons. The molecule has 0 unspecified atom stereocenters. The minimum Gasteiger partial charge on any atom is -0.495 e. The number of halogens is 4. The fraction of sp³-hybridized carbons (Fsp3) is 0.160. The Labute approximate surface area is 223 Å². The number of amides is 2. The van der Waals surface area contributed by atoms with Crippen molar-refractivity contribution in [3.05, 3.63) is 87.3 Å². The highest BCUT2D eigenvalue weighted by Gasteiger charge is 2.22. The lowest BCUT2D eigenvalue weighted by molar-refractivity contribution is -0.118. The lowest BCUT2D eigenvalue weighted by Crippen LogP contribution is -2.31. The summed E-state index contributed by atoms with van der Waals surface area (Å²) in [6.45, 7) is 1.44. The molecule has 4 aromatic rings. The first-order valence-corrected chi connectivity index (χ1v) is 11.6. The smallest absolute Gasteiger partial charge is 0.283 e. The van der Waals surface area contributed by atoms with Crippen LogP contribution in [0.3, 0.4) is 0 Å². The van der Waals surface area contributed by atoms with Crippen molar-refractivity contribution in [2.75, 3.05) is 12.4 Å². The van der Waals surface area contributed by atoms with Crippen molar-refractivity contribution in [3.63, 3.8) is 0 Å². The number of aromatic nitrogens is 4. The minimum absolute atomic E-state index is 0.0468. The highest BCUT2D eigenvalue weighted by atomic mass is 35.5. The summed E-state index contributed by atoms with van der Waals surface area (Å²) in [5.74, 6) is -2.38. The van der Waals surface area contributed by atoms with Crippen LogP contribution in [-0.2, 0) is 4.79 Å². The number of alkyl halides is 2. The van der Waals surface area contributed by atoms with Gasteiger partial charge < -0.3 is 15.8 Å². The number of nitrogens with two attached hydrogens (primary N) is 1. The first kappa shape index (κ1) is 27.4. The summed E-state index contributed by atoms with van der Waals surface area (Å²) in [6, 6.07) is 8.01. The summed E-state index contributed by atoms with van der Waals surface area (Å²) >= 11 is 6.19. The molecular formula is C25H20ClF3N6O4. The fourth-order valence-corrected chi connectivity index (χ4v) is 3.96. The van der Waals surface area contributed by atoms with Crippen LogP contribution in [0.25, 0.3) is 16.8 Å². The Morgan fingerprint density at radius 2 is 1.85 bits per heavy atom. The predicted octanol–water partition coefficient (Wildman–Crippen LogP) is 4.13. The van der Waals surface area contributed by atoms with Crippen molar-refractivity contribution in [1.29, 1.82) is 0 Å². The number of hydrogen-bond acceptors (Lipinski definition) is 6. The zero-order valence-corrected chi connectivity index (χ0v) is 21.1. The maximum absolute atomic E-state index is 14.1. The summed E-state index contributed by atoms with van der Waals surface area (Å²) in [4.78, 5) is 37.2. The average Bonchev–Trinajstić information content (AvgIpc) is 3.38. The normalized spacial score (nSPS) is 11.9. The molecule has 0 saturated heterocycles. The summed E-state index contributed by atoms with van der Waals surface area (Å²) in [5, 5.41) is 9.97. The first-order valence-electron chi connectivity index (χ1n) is 11.2. The minimum atomic E-state index is -2.84. The lowest BCUT2D eigenvalue weighted by atomic mass is 10.0. The van der Waals surface area contributed by atoms with E-state index in [9.17, 15) is 27.6 Å². The second kappa shape index (κ2) is 11.0. The van der Waals surface area contributed by atoms with E-state index in [2.05, 4.69) is 15.6 Å². The SMILES string of the molecule is COc1cn([C@@H](C)C(=O)Nc2ccc(C(N)=O)c(F)c2)c(=O)cc1-c1cc(Cl)ccc1-n1cc(C(F)F)nn1. The van der Waals surface area contributed by atoms with Crippen LogP contribution in [0.2, 0.25) is 5.02 Å². The van der Waals surface area contributed by atoms with E-state index in [-0.39, 0.29) is 27.6 Å². The lowest BCUT2D eigenvalue weighted by Gasteiger charge is -2.19. The van der Waals surface area contributed by atoms with Crippen molar-refractivity contribution < 1.29 is 27.5 Å². The van der Waals surface area contributed by atoms with Crippen LogP contribution in [0.4, 0.5) is 18.9 Å². The van der Waals surface area contributed by atoms with Gasteiger partial charge >= 0.3 is 0 Å². The Hall–Kier alpha value is -4.65. The van der Waals surface area contributed by atoms with E-state index in [0.717, 1.165) is 27.6 Å². The molecule has 10 nitrogen and oxygen atoms in total. The second-order valence-electron chi connectivity index (χ2n) is 8.28. The van der Waals surface area contributed by atoms with E-state index in [0.29, 0.717) is 11.3 Å². The summed E-state index contributed by atoms with van der Waals surface area (Å²) in [7, 11) is 1.34. The number of pyridine rings is 1. The number of ether oxygens (including phenoxy) is 1. The monoisotopic (exact) mass is 560 g/mol. The number of rotatable bonds is 8. The second-order valence-corrected chi connectivity index (χ2v) is 8.71. The molecule has 0 aliphatic rings. The van der Waals surface area contributed by atoms with E-state index in [1.807, 2.05) is 0 Å². The van der Waals surface area contributed by atoms with Gasteiger partial charge in [-0.1, -0.05) is 16.8 Å². The third kappa shape index (κ3) is 5.62. The van der Waals surface area contributed by atoms with Crippen LogP contribution in [0, 0.1) is 5.82 Å². The molecule has 0 spiro atoms. The molecule has 0 fully saturated rings. The van der Waals surface area contributed by atoms with Gasteiger partial charge in [0.1, 0.15) is 23.3 Å². The molecular weight excluding hydrogens is 541 g/mol. The number of carbonyl (C=O) groups is 2. The van der Waals surface area contributed by atoms with Crippen LogP contribution in [0.15, 0.2) is 59.7 Å². The van der Waals surface area contributed by atoms with E-state index < -0.39 is 41.4 Å². The zero-order valence-electron chi connectivity index (χ0n) is 20.4. The molecule has 3 N–H and O–H groups in total. The molecule has 4 rings (SSSR count). The average molecular weight is 561 g/mol. The van der Waals surface area contributed by atoms with Gasteiger partial charge in [-0.25, -0.2) is 17.9 Å². The zero-order chi connectivity index (χ0) is 28.4. The number of nitrogens with one attached hydrogen (secondary N) is 1. The van der Waals surface area contributed by atoms with E-state index in [1.54, 1.807) is 0 Å². The topological polar surface area (TPSA) is 134 Å². The molecule has 2 heterocycles. The quantitative estimate of drug-likeness (QED) is 0.333. The maximum Gasteiger partial charge on any atom is 0.283 e.